The Morgan fingerprint density at radius 2 is 1.82 bits per heavy atom. The van der Waals surface area contributed by atoms with Gasteiger partial charge < -0.3 is 14.4 Å². The van der Waals surface area contributed by atoms with Crippen LogP contribution in [0.25, 0.3) is 0 Å². The number of ether oxygens (including phenoxy) is 2. The molecule has 0 radical (unpaired) electrons. The number of rotatable bonds is 6. The second-order valence-electron chi connectivity index (χ2n) is 6.56. The van der Waals surface area contributed by atoms with Crippen LogP contribution in [-0.4, -0.2) is 49.0 Å². The molecule has 1 aliphatic rings. The normalized spacial score (nSPS) is 19.2. The minimum absolute atomic E-state index is 0.00636. The van der Waals surface area contributed by atoms with Crippen LogP contribution in [0.1, 0.15) is 31.7 Å². The van der Waals surface area contributed by atoms with Crippen molar-refractivity contribution < 1.29 is 37.0 Å². The molecule has 0 saturated carbocycles. The van der Waals surface area contributed by atoms with Gasteiger partial charge in [0.15, 0.2) is 17.5 Å². The maximum absolute atomic E-state index is 13.5. The fourth-order valence-electron chi connectivity index (χ4n) is 3.39. The molecule has 28 heavy (non-hydrogen) atoms. The molecule has 154 valence electrons. The molecule has 0 bridgehead atoms. The van der Waals surface area contributed by atoms with Crippen LogP contribution < -0.4 is 0 Å². The molecule has 1 aromatic rings. The van der Waals surface area contributed by atoms with Crippen LogP contribution in [0.5, 0.6) is 0 Å². The number of esters is 1. The number of halogens is 3. The van der Waals surface area contributed by atoms with E-state index in [4.69, 9.17) is 9.47 Å². The summed E-state index contributed by atoms with van der Waals surface area (Å²) in [6.07, 6.45) is -0.482. The lowest BCUT2D eigenvalue weighted by Gasteiger charge is -2.38. The van der Waals surface area contributed by atoms with Crippen LogP contribution in [-0.2, 0) is 25.5 Å². The first-order chi connectivity index (χ1) is 13.3. The highest BCUT2D eigenvalue weighted by atomic mass is 19.2. The predicted molar refractivity (Wildman–Crippen MR) is 91.9 cm³/mol. The van der Waals surface area contributed by atoms with Crippen molar-refractivity contribution in [2.45, 2.75) is 38.6 Å². The van der Waals surface area contributed by atoms with E-state index in [1.54, 1.807) is 6.92 Å². The van der Waals surface area contributed by atoms with Crippen molar-refractivity contribution in [3.05, 3.63) is 35.1 Å². The van der Waals surface area contributed by atoms with Crippen LogP contribution in [0.15, 0.2) is 12.1 Å². The number of carbonyl (C=O) groups is 3. The minimum atomic E-state index is -1.57. The van der Waals surface area contributed by atoms with Gasteiger partial charge >= 0.3 is 12.1 Å². The Kier molecular flexibility index (Phi) is 7.42. The number of Topliss-reactive ketones (excluding diaryl/α,β-unsaturated/α-hetero) is 1. The van der Waals surface area contributed by atoms with E-state index < -0.39 is 41.5 Å². The Bertz CT molecular complexity index is 732. The fourth-order valence-corrected chi connectivity index (χ4v) is 3.39. The van der Waals surface area contributed by atoms with Gasteiger partial charge in [0.2, 0.25) is 0 Å². The quantitative estimate of drug-likeness (QED) is 0.416. The Labute approximate surface area is 160 Å². The molecule has 1 aromatic carbocycles. The highest BCUT2D eigenvalue weighted by Gasteiger charge is 2.36. The summed E-state index contributed by atoms with van der Waals surface area (Å²) in [5.41, 5.74) is 0.147. The maximum atomic E-state index is 13.5. The van der Waals surface area contributed by atoms with Gasteiger partial charge in [-0.05, 0) is 43.9 Å². The monoisotopic (exact) mass is 401 g/mol. The van der Waals surface area contributed by atoms with E-state index in [-0.39, 0.29) is 43.8 Å². The summed E-state index contributed by atoms with van der Waals surface area (Å²) in [5, 5.41) is 0. The van der Waals surface area contributed by atoms with E-state index in [0.717, 1.165) is 12.1 Å². The van der Waals surface area contributed by atoms with E-state index >= 15 is 0 Å². The maximum Gasteiger partial charge on any atom is 0.409 e. The number of amides is 1. The largest absolute Gasteiger partial charge is 0.466 e. The zero-order valence-electron chi connectivity index (χ0n) is 15.7. The van der Waals surface area contributed by atoms with Gasteiger partial charge in [-0.2, -0.15) is 0 Å². The van der Waals surface area contributed by atoms with Crippen molar-refractivity contribution in [1.29, 1.82) is 0 Å². The van der Waals surface area contributed by atoms with Gasteiger partial charge in [0.25, 0.3) is 0 Å². The first-order valence-corrected chi connectivity index (χ1v) is 8.93. The number of hydrogen-bond donors (Lipinski definition) is 0. The van der Waals surface area contributed by atoms with Gasteiger partial charge in [0, 0.05) is 18.5 Å². The molecule has 1 fully saturated rings. The lowest BCUT2D eigenvalue weighted by molar-refractivity contribution is -0.146. The third kappa shape index (κ3) is 5.24. The minimum Gasteiger partial charge on any atom is -0.466 e. The highest BCUT2D eigenvalue weighted by Crippen LogP contribution is 2.28. The molecule has 0 spiro atoms. The van der Waals surface area contributed by atoms with Gasteiger partial charge in [0.05, 0.1) is 13.7 Å². The van der Waals surface area contributed by atoms with Crippen LogP contribution in [0.2, 0.25) is 0 Å². The summed E-state index contributed by atoms with van der Waals surface area (Å²) in [6, 6.07) is 1.12. The summed E-state index contributed by atoms with van der Waals surface area (Å²) < 4.78 is 49.7. The van der Waals surface area contributed by atoms with Crippen molar-refractivity contribution in [1.82, 2.24) is 4.90 Å². The highest BCUT2D eigenvalue weighted by molar-refractivity contribution is 5.96. The average molecular weight is 401 g/mol. The summed E-state index contributed by atoms with van der Waals surface area (Å²) in [6.45, 7) is 1.98. The van der Waals surface area contributed by atoms with Crippen molar-refractivity contribution in [2.75, 3.05) is 20.3 Å². The molecule has 9 heteroatoms. The molecule has 2 rings (SSSR count). The second kappa shape index (κ2) is 9.57. The van der Waals surface area contributed by atoms with Crippen molar-refractivity contribution in [3.8, 4) is 0 Å². The molecule has 0 unspecified atom stereocenters. The molecule has 6 nitrogen and oxygen atoms in total. The van der Waals surface area contributed by atoms with Crippen LogP contribution in [0.4, 0.5) is 18.0 Å². The third-order valence-electron chi connectivity index (χ3n) is 4.72. The van der Waals surface area contributed by atoms with E-state index in [1.807, 2.05) is 0 Å². The summed E-state index contributed by atoms with van der Waals surface area (Å²) in [7, 11) is 1.20. The Morgan fingerprint density at radius 3 is 2.39 bits per heavy atom. The standard InChI is InChI=1S/C19H22F3NO5/c1-3-28-17(25)10-16(24)12-4-5-23(19(26)27-2)13(9-12)6-11-7-14(20)18(22)15(21)8-11/h7-8,12-13H,3-6,9-10H2,1-2H3/t12-,13+/m1/s1. The third-order valence-corrected chi connectivity index (χ3v) is 4.72. The topological polar surface area (TPSA) is 72.9 Å². The van der Waals surface area contributed by atoms with Gasteiger partial charge in [-0.15, -0.1) is 0 Å². The first-order valence-electron chi connectivity index (χ1n) is 8.93. The van der Waals surface area contributed by atoms with Crippen LogP contribution in [0, 0.1) is 23.4 Å². The average Bonchev–Trinajstić information content (AvgIpc) is 2.65. The molecule has 1 aliphatic heterocycles. The number of ketones is 1. The van der Waals surface area contributed by atoms with E-state index in [1.165, 1.54) is 12.0 Å². The van der Waals surface area contributed by atoms with E-state index in [9.17, 15) is 27.6 Å². The van der Waals surface area contributed by atoms with Gasteiger partial charge in [-0.1, -0.05) is 0 Å². The molecule has 0 N–H and O–H groups in total. The molecule has 2 atom stereocenters. The molecular formula is C19H22F3NO5. The molecule has 1 amide bonds. The molecule has 0 aromatic heterocycles. The summed E-state index contributed by atoms with van der Waals surface area (Å²) >= 11 is 0. The Balaban J connectivity index is 2.17. The first kappa shape index (κ1) is 21.7. The Morgan fingerprint density at radius 1 is 1.18 bits per heavy atom. The number of hydrogen-bond acceptors (Lipinski definition) is 5. The predicted octanol–water partition coefficient (Wildman–Crippen LogP) is 3.02. The van der Waals surface area contributed by atoms with Crippen molar-refractivity contribution >= 4 is 17.8 Å². The number of methoxy groups -OCH3 is 1. The lowest BCUT2D eigenvalue weighted by Crippen LogP contribution is -2.48. The SMILES string of the molecule is CCOC(=O)CC(=O)[C@@H]1CCN(C(=O)OC)[C@@H](Cc2cc(F)c(F)c(F)c2)C1. The van der Waals surface area contributed by atoms with E-state index in [2.05, 4.69) is 0 Å². The van der Waals surface area contributed by atoms with Crippen molar-refractivity contribution in [3.63, 3.8) is 0 Å². The number of carbonyl (C=O) groups excluding carboxylic acids is 3. The fraction of sp³-hybridized carbons (Fsp3) is 0.526. The number of likely N-dealkylation sites (tertiary alicyclic amines) is 1. The number of benzene rings is 1. The molecule has 0 aliphatic carbocycles. The smallest absolute Gasteiger partial charge is 0.409 e. The zero-order chi connectivity index (χ0) is 20.8. The molecule has 1 saturated heterocycles. The molecule has 1 heterocycles. The number of nitrogens with zero attached hydrogens (tertiary/aromatic N) is 1. The second-order valence-corrected chi connectivity index (χ2v) is 6.56. The summed E-state index contributed by atoms with van der Waals surface area (Å²) in [4.78, 5) is 37.3. The molecular weight excluding hydrogens is 379 g/mol. The van der Waals surface area contributed by atoms with Gasteiger partial charge in [-0.3, -0.25) is 9.59 Å². The van der Waals surface area contributed by atoms with Gasteiger partial charge in [0.1, 0.15) is 12.2 Å². The van der Waals surface area contributed by atoms with Crippen LogP contribution >= 0.6 is 0 Å². The van der Waals surface area contributed by atoms with Crippen LogP contribution in [0.3, 0.4) is 0 Å². The Hall–Kier alpha value is -2.58. The summed E-state index contributed by atoms with van der Waals surface area (Å²) in [5.74, 6) is -5.67. The number of piperidine rings is 1. The lowest BCUT2D eigenvalue weighted by atomic mass is 9.84. The van der Waals surface area contributed by atoms with Crippen molar-refractivity contribution in [2.24, 2.45) is 5.92 Å². The zero-order valence-corrected chi connectivity index (χ0v) is 15.7. The van der Waals surface area contributed by atoms with E-state index in [0.29, 0.717) is 6.42 Å². The van der Waals surface area contributed by atoms with Gasteiger partial charge in [-0.25, -0.2) is 18.0 Å².